The molecule has 1 saturated heterocycles. The second-order valence-electron chi connectivity index (χ2n) is 4.92. The van der Waals surface area contributed by atoms with Crippen LogP contribution in [0.15, 0.2) is 12.4 Å². The monoisotopic (exact) mass is 284 g/mol. The van der Waals surface area contributed by atoms with Gasteiger partial charge in [-0.15, -0.1) is 11.6 Å². The molecule has 2 amide bonds. The molecule has 1 unspecified atom stereocenters. The second-order valence-corrected chi connectivity index (χ2v) is 5.58. The number of alkyl halides is 1. The Balaban J connectivity index is 2.22. The van der Waals surface area contributed by atoms with Crippen molar-refractivity contribution in [1.29, 1.82) is 0 Å². The molecule has 6 nitrogen and oxygen atoms in total. The maximum atomic E-state index is 11.9. The molecule has 1 aromatic heterocycles. The van der Waals surface area contributed by atoms with Crippen molar-refractivity contribution in [2.75, 3.05) is 13.1 Å². The molecular formula is C12H17ClN4O2. The molecule has 0 aromatic carbocycles. The average molecular weight is 285 g/mol. The van der Waals surface area contributed by atoms with E-state index in [0.29, 0.717) is 13.1 Å². The van der Waals surface area contributed by atoms with Gasteiger partial charge in [-0.3, -0.25) is 14.3 Å². The van der Waals surface area contributed by atoms with Gasteiger partial charge in [-0.2, -0.15) is 5.10 Å². The first-order valence-corrected chi connectivity index (χ1v) is 6.54. The Morgan fingerprint density at radius 2 is 2.21 bits per heavy atom. The largest absolute Gasteiger partial charge is 0.369 e. The van der Waals surface area contributed by atoms with Gasteiger partial charge in [-0.25, -0.2) is 0 Å². The Labute approximate surface area is 116 Å². The summed E-state index contributed by atoms with van der Waals surface area (Å²) in [5.41, 5.74) is 6.35. The summed E-state index contributed by atoms with van der Waals surface area (Å²) in [4.78, 5) is 25.1. The zero-order chi connectivity index (χ0) is 14.2. The van der Waals surface area contributed by atoms with Gasteiger partial charge in [0.05, 0.1) is 12.1 Å². The summed E-state index contributed by atoms with van der Waals surface area (Å²) in [7, 11) is 1.81. The van der Waals surface area contributed by atoms with Crippen LogP contribution in [0.2, 0.25) is 0 Å². The van der Waals surface area contributed by atoms with Crippen LogP contribution in [0.3, 0.4) is 0 Å². The van der Waals surface area contributed by atoms with Crippen molar-refractivity contribution < 1.29 is 9.59 Å². The number of nitrogens with two attached hydrogens (primary N) is 1. The minimum atomic E-state index is -0.596. The fourth-order valence-corrected chi connectivity index (χ4v) is 2.63. The van der Waals surface area contributed by atoms with Crippen molar-refractivity contribution in [1.82, 2.24) is 14.7 Å². The molecule has 2 N–H and O–H groups in total. The lowest BCUT2D eigenvalue weighted by Crippen LogP contribution is -2.35. The lowest BCUT2D eigenvalue weighted by Gasteiger charge is -2.17. The van der Waals surface area contributed by atoms with E-state index in [0.717, 1.165) is 5.56 Å². The standard InChI is InChI=1S/C12H17ClN4O2/c1-7(13)12(19)17-5-9(10(6-17)11(14)18)8-3-15-16(2)4-8/h3-4,7,9-10H,5-6H2,1-2H3,(H2,14,18)/t7?,9-,10+/m1/s1. The zero-order valence-corrected chi connectivity index (χ0v) is 11.7. The van der Waals surface area contributed by atoms with E-state index >= 15 is 0 Å². The molecular weight excluding hydrogens is 268 g/mol. The Kier molecular flexibility index (Phi) is 3.80. The van der Waals surface area contributed by atoms with Crippen molar-refractivity contribution in [3.05, 3.63) is 18.0 Å². The summed E-state index contributed by atoms with van der Waals surface area (Å²) in [6.07, 6.45) is 3.55. The molecule has 0 saturated carbocycles. The fraction of sp³-hybridized carbons (Fsp3) is 0.583. The quantitative estimate of drug-likeness (QED) is 0.798. The van der Waals surface area contributed by atoms with Crippen LogP contribution in [0.25, 0.3) is 0 Å². The van der Waals surface area contributed by atoms with Crippen LogP contribution >= 0.6 is 11.6 Å². The topological polar surface area (TPSA) is 81.2 Å². The number of hydrogen-bond acceptors (Lipinski definition) is 3. The van der Waals surface area contributed by atoms with Crippen molar-refractivity contribution >= 4 is 23.4 Å². The highest BCUT2D eigenvalue weighted by Crippen LogP contribution is 2.32. The molecule has 1 aromatic rings. The Morgan fingerprint density at radius 1 is 1.53 bits per heavy atom. The minimum Gasteiger partial charge on any atom is -0.369 e. The Bertz CT molecular complexity index is 500. The van der Waals surface area contributed by atoms with E-state index in [-0.39, 0.29) is 17.7 Å². The molecule has 0 aliphatic carbocycles. The molecule has 0 radical (unpaired) electrons. The van der Waals surface area contributed by atoms with E-state index in [2.05, 4.69) is 5.10 Å². The van der Waals surface area contributed by atoms with Gasteiger partial charge in [0.1, 0.15) is 5.38 Å². The van der Waals surface area contributed by atoms with Gasteiger partial charge in [-0.1, -0.05) is 0 Å². The first-order valence-electron chi connectivity index (χ1n) is 6.11. The van der Waals surface area contributed by atoms with Gasteiger partial charge in [0.15, 0.2) is 0 Å². The lowest BCUT2D eigenvalue weighted by atomic mass is 9.90. The SMILES string of the molecule is CC(Cl)C(=O)N1C[C@H](C(N)=O)[C@@H](c2cnn(C)c2)C1. The molecule has 0 bridgehead atoms. The van der Waals surface area contributed by atoms with Gasteiger partial charge in [0, 0.05) is 32.3 Å². The number of primary amides is 1. The highest BCUT2D eigenvalue weighted by atomic mass is 35.5. The van der Waals surface area contributed by atoms with E-state index in [1.165, 1.54) is 0 Å². The van der Waals surface area contributed by atoms with E-state index < -0.39 is 11.3 Å². The molecule has 2 rings (SSSR count). The van der Waals surface area contributed by atoms with Crippen molar-refractivity contribution in [3.8, 4) is 0 Å². The van der Waals surface area contributed by atoms with Crippen LogP contribution < -0.4 is 5.73 Å². The summed E-state index contributed by atoms with van der Waals surface area (Å²) in [5, 5.41) is 3.50. The third-order valence-corrected chi connectivity index (χ3v) is 3.68. The van der Waals surface area contributed by atoms with Gasteiger partial charge in [-0.05, 0) is 12.5 Å². The lowest BCUT2D eigenvalue weighted by molar-refractivity contribution is -0.129. The van der Waals surface area contributed by atoms with Gasteiger partial charge >= 0.3 is 0 Å². The number of carbonyl (C=O) groups excluding carboxylic acids is 2. The molecule has 3 atom stereocenters. The van der Waals surface area contributed by atoms with Gasteiger partial charge in [0.2, 0.25) is 11.8 Å². The van der Waals surface area contributed by atoms with Crippen molar-refractivity contribution in [3.63, 3.8) is 0 Å². The number of nitrogens with zero attached hydrogens (tertiary/aromatic N) is 3. The zero-order valence-electron chi connectivity index (χ0n) is 10.9. The van der Waals surface area contributed by atoms with Gasteiger partial charge < -0.3 is 10.6 Å². The molecule has 1 aliphatic rings. The maximum absolute atomic E-state index is 11.9. The van der Waals surface area contributed by atoms with Crippen LogP contribution in [0.4, 0.5) is 0 Å². The van der Waals surface area contributed by atoms with Crippen molar-refractivity contribution in [2.24, 2.45) is 18.7 Å². The Morgan fingerprint density at radius 3 is 2.68 bits per heavy atom. The number of carbonyl (C=O) groups is 2. The normalized spacial score (nSPS) is 24.5. The highest BCUT2D eigenvalue weighted by molar-refractivity contribution is 6.30. The van der Waals surface area contributed by atoms with Crippen LogP contribution in [0.1, 0.15) is 18.4 Å². The molecule has 0 spiro atoms. The summed E-state index contributed by atoms with van der Waals surface area (Å²) >= 11 is 5.81. The molecule has 1 fully saturated rings. The molecule has 2 heterocycles. The molecule has 104 valence electrons. The third kappa shape index (κ3) is 2.73. The summed E-state index contributed by atoms with van der Waals surface area (Å²) in [6, 6.07) is 0. The van der Waals surface area contributed by atoms with Crippen LogP contribution in [0, 0.1) is 5.92 Å². The predicted octanol–water partition coefficient (Wildman–Crippen LogP) is 0.0747. The summed E-state index contributed by atoms with van der Waals surface area (Å²) < 4.78 is 1.67. The van der Waals surface area contributed by atoms with E-state index in [1.807, 2.05) is 13.2 Å². The first-order chi connectivity index (χ1) is 8.90. The van der Waals surface area contributed by atoms with Gasteiger partial charge in [0.25, 0.3) is 0 Å². The molecule has 19 heavy (non-hydrogen) atoms. The number of hydrogen-bond donors (Lipinski definition) is 1. The predicted molar refractivity (Wildman–Crippen MR) is 70.5 cm³/mol. The number of amides is 2. The maximum Gasteiger partial charge on any atom is 0.240 e. The van der Waals surface area contributed by atoms with E-state index in [4.69, 9.17) is 17.3 Å². The molecule has 7 heteroatoms. The van der Waals surface area contributed by atoms with Crippen LogP contribution in [-0.4, -0.2) is 45.0 Å². The number of aryl methyl sites for hydroxylation is 1. The number of aromatic nitrogens is 2. The Hall–Kier alpha value is -1.56. The summed E-state index contributed by atoms with van der Waals surface area (Å²) in [5.74, 6) is -1.06. The average Bonchev–Trinajstić information content (AvgIpc) is 2.93. The van der Waals surface area contributed by atoms with E-state index in [9.17, 15) is 9.59 Å². The van der Waals surface area contributed by atoms with Crippen molar-refractivity contribution in [2.45, 2.75) is 18.2 Å². The van der Waals surface area contributed by atoms with Crippen LogP contribution in [-0.2, 0) is 16.6 Å². The number of rotatable bonds is 3. The fourth-order valence-electron chi connectivity index (χ4n) is 2.49. The number of likely N-dealkylation sites (tertiary alicyclic amines) is 1. The highest BCUT2D eigenvalue weighted by Gasteiger charge is 2.40. The van der Waals surface area contributed by atoms with E-state index in [1.54, 1.807) is 22.7 Å². The second kappa shape index (κ2) is 5.21. The smallest absolute Gasteiger partial charge is 0.240 e. The van der Waals surface area contributed by atoms with Crippen LogP contribution in [0.5, 0.6) is 0 Å². The number of halogens is 1. The molecule has 1 aliphatic heterocycles. The minimum absolute atomic E-state index is 0.106. The third-order valence-electron chi connectivity index (χ3n) is 3.49. The first kappa shape index (κ1) is 13.9. The summed E-state index contributed by atoms with van der Waals surface area (Å²) in [6.45, 7) is 2.40.